The van der Waals surface area contributed by atoms with E-state index in [9.17, 15) is 9.59 Å². The predicted molar refractivity (Wildman–Crippen MR) is 118 cm³/mol. The molecule has 3 atom stereocenters. The van der Waals surface area contributed by atoms with Crippen LogP contribution in [-0.4, -0.2) is 55.7 Å². The fraction of sp³-hybridized carbons (Fsp3) is 0.667. The Balaban J connectivity index is 0.000000412. The maximum Gasteiger partial charge on any atom is 0.408 e. The highest BCUT2D eigenvalue weighted by Gasteiger charge is 2.31. The van der Waals surface area contributed by atoms with Crippen LogP contribution in [0.3, 0.4) is 0 Å². The minimum absolute atomic E-state index is 0.0358. The van der Waals surface area contributed by atoms with Gasteiger partial charge in [0.05, 0.1) is 19.3 Å². The number of ether oxygens (including phenoxy) is 4. The van der Waals surface area contributed by atoms with Crippen molar-refractivity contribution in [1.29, 1.82) is 0 Å². The van der Waals surface area contributed by atoms with Crippen LogP contribution in [0.25, 0.3) is 0 Å². The molecule has 0 spiro atoms. The zero-order valence-corrected chi connectivity index (χ0v) is 19.4. The highest BCUT2D eigenvalue weighted by molar-refractivity contribution is 5.81. The number of hydrogen-bond donors (Lipinski definition) is 1. The van der Waals surface area contributed by atoms with Crippen LogP contribution in [0.5, 0.6) is 0 Å². The summed E-state index contributed by atoms with van der Waals surface area (Å²) < 4.78 is 22.0. The van der Waals surface area contributed by atoms with Crippen LogP contribution >= 0.6 is 0 Å². The van der Waals surface area contributed by atoms with Gasteiger partial charge in [-0.1, -0.05) is 35.9 Å². The summed E-state index contributed by atoms with van der Waals surface area (Å²) in [5.41, 5.74) is 0.685. The van der Waals surface area contributed by atoms with Gasteiger partial charge in [-0.25, -0.2) is 9.59 Å². The number of amides is 1. The number of esters is 1. The molecule has 1 aliphatic carbocycles. The molecule has 2 unspecified atom stereocenters. The largest absolute Gasteiger partial charge is 0.461 e. The second kappa shape index (κ2) is 12.1. The maximum absolute atomic E-state index is 12.2. The molecule has 1 saturated carbocycles. The summed E-state index contributed by atoms with van der Waals surface area (Å²) in [6.45, 7) is 10.3. The van der Waals surface area contributed by atoms with E-state index in [1.165, 1.54) is 18.4 Å². The third kappa shape index (κ3) is 11.2. The first-order chi connectivity index (χ1) is 14.6. The van der Waals surface area contributed by atoms with Crippen molar-refractivity contribution in [1.82, 2.24) is 5.32 Å². The van der Waals surface area contributed by atoms with Crippen LogP contribution in [0.15, 0.2) is 30.3 Å². The summed E-state index contributed by atoms with van der Waals surface area (Å²) in [7, 11) is 0. The quantitative estimate of drug-likeness (QED) is 0.719. The number of aryl methyl sites for hydroxylation is 1. The summed E-state index contributed by atoms with van der Waals surface area (Å²) in [4.78, 5) is 24.1. The van der Waals surface area contributed by atoms with E-state index in [0.717, 1.165) is 6.61 Å². The van der Waals surface area contributed by atoms with Gasteiger partial charge in [0.1, 0.15) is 11.7 Å². The van der Waals surface area contributed by atoms with Gasteiger partial charge in [0.25, 0.3) is 0 Å². The summed E-state index contributed by atoms with van der Waals surface area (Å²) in [5.74, 6) is 0.147. The molecule has 1 heterocycles. The molecule has 1 aliphatic heterocycles. The summed E-state index contributed by atoms with van der Waals surface area (Å²) >= 11 is 0. The number of carbonyl (C=O) groups excluding carboxylic acids is 2. The minimum Gasteiger partial charge on any atom is -0.461 e. The third-order valence-electron chi connectivity index (χ3n) is 4.68. The molecule has 31 heavy (non-hydrogen) atoms. The Bertz CT molecular complexity index is 683. The Morgan fingerprint density at radius 2 is 1.84 bits per heavy atom. The van der Waals surface area contributed by atoms with Crippen molar-refractivity contribution in [3.8, 4) is 0 Å². The topological polar surface area (TPSA) is 83.1 Å². The van der Waals surface area contributed by atoms with Gasteiger partial charge in [0, 0.05) is 13.0 Å². The number of nitrogens with one attached hydrogen (secondary N) is 1. The maximum atomic E-state index is 12.2. The summed E-state index contributed by atoms with van der Waals surface area (Å²) in [6, 6.07) is 9.38. The molecule has 0 aromatic heterocycles. The van der Waals surface area contributed by atoms with Crippen molar-refractivity contribution in [2.75, 3.05) is 19.8 Å². The highest BCUT2D eigenvalue weighted by atomic mass is 16.6. The van der Waals surface area contributed by atoms with Crippen LogP contribution in [-0.2, 0) is 23.7 Å². The molecule has 1 aromatic carbocycles. The van der Waals surface area contributed by atoms with Gasteiger partial charge in [0.2, 0.25) is 0 Å². The van der Waals surface area contributed by atoms with E-state index >= 15 is 0 Å². The molecular formula is C24H37NO6. The molecule has 1 aromatic rings. The van der Waals surface area contributed by atoms with Gasteiger partial charge in [-0.15, -0.1) is 0 Å². The monoisotopic (exact) mass is 435 g/mol. The second-order valence-corrected chi connectivity index (χ2v) is 9.27. The fourth-order valence-electron chi connectivity index (χ4n) is 2.91. The lowest BCUT2D eigenvalue weighted by molar-refractivity contribution is -0.152. The zero-order chi connectivity index (χ0) is 22.9. The first kappa shape index (κ1) is 25.1. The Morgan fingerprint density at radius 1 is 1.16 bits per heavy atom. The van der Waals surface area contributed by atoms with Gasteiger partial charge in [-0.3, -0.25) is 0 Å². The average molecular weight is 436 g/mol. The van der Waals surface area contributed by atoms with Crippen LogP contribution in [0.2, 0.25) is 0 Å². The third-order valence-corrected chi connectivity index (χ3v) is 4.68. The van der Waals surface area contributed by atoms with E-state index in [-0.39, 0.29) is 18.8 Å². The molecule has 0 bridgehead atoms. The van der Waals surface area contributed by atoms with E-state index in [4.69, 9.17) is 18.9 Å². The molecule has 174 valence electrons. The molecule has 1 N–H and O–H groups in total. The molecule has 7 heteroatoms. The first-order valence-corrected chi connectivity index (χ1v) is 11.0. The van der Waals surface area contributed by atoms with E-state index < -0.39 is 23.7 Å². The van der Waals surface area contributed by atoms with Gasteiger partial charge < -0.3 is 24.3 Å². The SMILES string of the molecule is CC1CC(OCC2CC2)COC[C@H](NC(=O)OC(C)(C)C)C(=O)O1.Cc1ccccc1. The highest BCUT2D eigenvalue weighted by Crippen LogP contribution is 2.29. The van der Waals surface area contributed by atoms with Crippen molar-refractivity contribution in [2.45, 2.75) is 77.7 Å². The van der Waals surface area contributed by atoms with E-state index in [1.54, 1.807) is 20.8 Å². The normalized spacial score (nSPS) is 24.4. The first-order valence-electron chi connectivity index (χ1n) is 11.0. The zero-order valence-electron chi connectivity index (χ0n) is 19.4. The predicted octanol–water partition coefficient (Wildman–Crippen LogP) is 4.02. The number of carbonyl (C=O) groups is 2. The van der Waals surface area contributed by atoms with E-state index in [2.05, 4.69) is 24.4 Å². The lowest BCUT2D eigenvalue weighted by Gasteiger charge is -2.23. The van der Waals surface area contributed by atoms with Crippen molar-refractivity contribution in [3.63, 3.8) is 0 Å². The molecule has 1 amide bonds. The van der Waals surface area contributed by atoms with E-state index in [1.807, 2.05) is 25.1 Å². The Labute approximate surface area is 185 Å². The Hall–Kier alpha value is -2.12. The molecule has 7 nitrogen and oxygen atoms in total. The Morgan fingerprint density at radius 3 is 2.39 bits per heavy atom. The number of hydrogen-bond acceptors (Lipinski definition) is 6. The number of alkyl carbamates (subject to hydrolysis) is 1. The summed E-state index contributed by atoms with van der Waals surface area (Å²) in [5, 5.41) is 2.51. The van der Waals surface area contributed by atoms with E-state index in [0.29, 0.717) is 18.9 Å². The van der Waals surface area contributed by atoms with Crippen molar-refractivity contribution >= 4 is 12.1 Å². The van der Waals surface area contributed by atoms with Crippen molar-refractivity contribution in [2.24, 2.45) is 5.92 Å². The van der Waals surface area contributed by atoms with Crippen LogP contribution in [0.1, 0.15) is 52.5 Å². The molecule has 1 saturated heterocycles. The molecule has 2 fully saturated rings. The standard InChI is InChI=1S/C17H29NO6.C7H8/c1-11-7-13(22-8-12-5-6-12)9-21-10-14(15(19)23-11)18-16(20)24-17(2,3)4;1-7-5-3-2-4-6-7/h11-14H,5-10H2,1-4H3,(H,18,20);2-6H,1H3/t11?,13?,14-;/m0./s1. The minimum atomic E-state index is -0.885. The van der Waals surface area contributed by atoms with Crippen LogP contribution in [0, 0.1) is 12.8 Å². The molecule has 0 radical (unpaired) electrons. The van der Waals surface area contributed by atoms with Crippen molar-refractivity contribution < 1.29 is 28.5 Å². The van der Waals surface area contributed by atoms with Crippen LogP contribution in [0.4, 0.5) is 4.79 Å². The van der Waals surface area contributed by atoms with Gasteiger partial charge in [-0.05, 0) is 53.4 Å². The fourth-order valence-corrected chi connectivity index (χ4v) is 2.91. The number of cyclic esters (lactones) is 1. The summed E-state index contributed by atoms with van der Waals surface area (Å²) in [6.07, 6.45) is 1.96. The number of benzene rings is 1. The van der Waals surface area contributed by atoms with Gasteiger partial charge in [0.15, 0.2) is 6.04 Å². The van der Waals surface area contributed by atoms with Gasteiger partial charge >= 0.3 is 12.1 Å². The average Bonchev–Trinajstić information content (AvgIpc) is 3.48. The second-order valence-electron chi connectivity index (χ2n) is 9.27. The lowest BCUT2D eigenvalue weighted by atomic mass is 10.2. The smallest absolute Gasteiger partial charge is 0.408 e. The molecule has 2 aliphatic rings. The Kier molecular flexibility index (Phi) is 9.78. The van der Waals surface area contributed by atoms with Crippen molar-refractivity contribution in [3.05, 3.63) is 35.9 Å². The molecule has 3 rings (SSSR count). The van der Waals surface area contributed by atoms with Crippen LogP contribution < -0.4 is 5.32 Å². The number of rotatable bonds is 4. The molecular weight excluding hydrogens is 398 g/mol. The lowest BCUT2D eigenvalue weighted by Crippen LogP contribution is -2.47. The van der Waals surface area contributed by atoms with Gasteiger partial charge in [-0.2, -0.15) is 0 Å².